The molecule has 2 heterocycles. The molecule has 2 aromatic heterocycles. The molecule has 2 aromatic rings. The lowest BCUT2D eigenvalue weighted by atomic mass is 9.76. The number of esters is 2. The van der Waals surface area contributed by atoms with E-state index in [-0.39, 0.29) is 53.0 Å². The molecule has 0 spiro atoms. The number of nitrogens with zero attached hydrogens (tertiary/aromatic N) is 1. The first-order valence-electron chi connectivity index (χ1n) is 15.2. The predicted molar refractivity (Wildman–Crippen MR) is 178 cm³/mol. The van der Waals surface area contributed by atoms with Gasteiger partial charge < -0.3 is 19.3 Å². The van der Waals surface area contributed by atoms with Crippen LogP contribution in [0, 0.1) is 0 Å². The first-order valence-corrected chi connectivity index (χ1v) is 16.8. The first kappa shape index (κ1) is 37.0. The van der Waals surface area contributed by atoms with Crippen LogP contribution in [0.2, 0.25) is 0 Å². The highest BCUT2D eigenvalue weighted by molar-refractivity contribution is 7.13. The zero-order valence-corrected chi connectivity index (χ0v) is 30.4. The number of quaternary nitrogens is 1. The van der Waals surface area contributed by atoms with Crippen molar-refractivity contribution in [3.63, 3.8) is 0 Å². The van der Waals surface area contributed by atoms with Gasteiger partial charge in [0.1, 0.15) is 0 Å². The van der Waals surface area contributed by atoms with Crippen molar-refractivity contribution < 1.29 is 28.3 Å². The molecule has 0 aliphatic carbocycles. The van der Waals surface area contributed by atoms with E-state index < -0.39 is 0 Å². The quantitative estimate of drug-likeness (QED) is 0.201. The third-order valence-electron chi connectivity index (χ3n) is 8.00. The molecule has 0 saturated heterocycles. The number of ether oxygens (including phenoxy) is 2. The molecule has 43 heavy (non-hydrogen) atoms. The maximum atomic E-state index is 13.1. The van der Waals surface area contributed by atoms with Gasteiger partial charge in [-0.15, -0.1) is 22.7 Å². The summed E-state index contributed by atoms with van der Waals surface area (Å²) in [7, 11) is 5.36. The molecule has 0 bridgehead atoms. The fraction of sp³-hybridized carbons (Fsp3) is 0.676. The number of amides is 1. The molecule has 0 aliphatic heterocycles. The molecule has 1 amide bonds. The van der Waals surface area contributed by atoms with E-state index in [4.69, 9.17) is 9.47 Å². The van der Waals surface area contributed by atoms with Gasteiger partial charge >= 0.3 is 11.9 Å². The van der Waals surface area contributed by atoms with Crippen molar-refractivity contribution in [1.29, 1.82) is 0 Å². The van der Waals surface area contributed by atoms with Crippen LogP contribution in [0.5, 0.6) is 0 Å². The van der Waals surface area contributed by atoms with E-state index in [0.29, 0.717) is 30.6 Å². The van der Waals surface area contributed by atoms with Crippen molar-refractivity contribution in [1.82, 2.24) is 5.32 Å². The van der Waals surface area contributed by atoms with Crippen molar-refractivity contribution in [2.45, 2.75) is 104 Å². The highest BCUT2D eigenvalue weighted by atomic mass is 32.1. The number of carbonyl (C=O) groups is 3. The van der Waals surface area contributed by atoms with Crippen LogP contribution in [-0.4, -0.2) is 69.8 Å². The van der Waals surface area contributed by atoms with Crippen LogP contribution < -0.4 is 5.32 Å². The first-order chi connectivity index (χ1) is 19.6. The van der Waals surface area contributed by atoms with Gasteiger partial charge in [0.15, 0.2) is 6.54 Å². The molecule has 242 valence electrons. The Morgan fingerprint density at radius 2 is 1.49 bits per heavy atom. The van der Waals surface area contributed by atoms with E-state index in [9.17, 15) is 14.4 Å². The van der Waals surface area contributed by atoms with Crippen molar-refractivity contribution in [2.75, 3.05) is 47.4 Å². The number of hydrogen-bond acceptors (Lipinski definition) is 7. The van der Waals surface area contributed by atoms with Gasteiger partial charge in [-0.1, -0.05) is 62.3 Å². The normalized spacial score (nSPS) is 13.5. The molecule has 1 unspecified atom stereocenters. The molecule has 0 aromatic carbocycles. The molecule has 0 radical (unpaired) electrons. The lowest BCUT2D eigenvalue weighted by Gasteiger charge is -2.31. The summed E-state index contributed by atoms with van der Waals surface area (Å²) in [5, 5.41) is 3.07. The second kappa shape index (κ2) is 14.2. The van der Waals surface area contributed by atoms with Gasteiger partial charge in [-0.3, -0.25) is 9.59 Å². The second-order valence-electron chi connectivity index (χ2n) is 14.8. The molecule has 1 atom stereocenters. The summed E-state index contributed by atoms with van der Waals surface area (Å²) in [5.41, 5.74) is 1.72. The average molecular weight is 636 g/mol. The summed E-state index contributed by atoms with van der Waals surface area (Å²) < 4.78 is 10.6. The van der Waals surface area contributed by atoms with Crippen LogP contribution in [0.15, 0.2) is 12.1 Å². The molecule has 7 nitrogen and oxygen atoms in total. The van der Waals surface area contributed by atoms with E-state index in [2.05, 4.69) is 79.8 Å². The number of thiophene rings is 2. The van der Waals surface area contributed by atoms with Crippen LogP contribution in [0.25, 0.3) is 0 Å². The number of likely N-dealkylation sites (N-methyl/N-ethyl adjacent to an activating group) is 1. The van der Waals surface area contributed by atoms with Gasteiger partial charge in [0, 0.05) is 30.8 Å². The summed E-state index contributed by atoms with van der Waals surface area (Å²) in [6, 6.07) is 4.40. The van der Waals surface area contributed by atoms with Crippen molar-refractivity contribution in [3.05, 3.63) is 42.8 Å². The summed E-state index contributed by atoms with van der Waals surface area (Å²) in [6.45, 7) is 23.5. The Morgan fingerprint density at radius 3 is 2.02 bits per heavy atom. The van der Waals surface area contributed by atoms with Crippen molar-refractivity contribution in [3.8, 4) is 0 Å². The predicted octanol–water partition coefficient (Wildman–Crippen LogP) is 6.50. The van der Waals surface area contributed by atoms with Crippen LogP contribution in [0.3, 0.4) is 0 Å². The van der Waals surface area contributed by atoms with Crippen LogP contribution >= 0.6 is 22.7 Å². The molecule has 2 rings (SSSR count). The average Bonchev–Trinajstić information content (AvgIpc) is 3.48. The smallest absolute Gasteiger partial charge is 0.361 e. The Balaban J connectivity index is 2.32. The molecule has 1 N–H and O–H groups in total. The molecular formula is C34H55N2O5S2+. The fourth-order valence-corrected chi connectivity index (χ4v) is 7.87. The second-order valence-corrected chi connectivity index (χ2v) is 16.9. The van der Waals surface area contributed by atoms with Gasteiger partial charge in [0.2, 0.25) is 5.91 Å². The van der Waals surface area contributed by atoms with Crippen LogP contribution in [0.1, 0.15) is 106 Å². The zero-order chi connectivity index (χ0) is 33.0. The summed E-state index contributed by atoms with van der Waals surface area (Å²) in [5.74, 6) is -0.344. The van der Waals surface area contributed by atoms with Crippen molar-refractivity contribution >= 4 is 40.5 Å². The topological polar surface area (TPSA) is 81.7 Å². The highest BCUT2D eigenvalue weighted by Crippen LogP contribution is 2.48. The Labute approximate surface area is 267 Å². The zero-order valence-electron chi connectivity index (χ0n) is 28.8. The largest absolute Gasteiger partial charge is 0.469 e. The Kier molecular flexibility index (Phi) is 12.2. The van der Waals surface area contributed by atoms with Gasteiger partial charge in [-0.2, -0.15) is 0 Å². The van der Waals surface area contributed by atoms with Gasteiger partial charge in [0.25, 0.3) is 0 Å². The summed E-state index contributed by atoms with van der Waals surface area (Å²) in [6.07, 6.45) is 0.566. The van der Waals surface area contributed by atoms with E-state index in [0.717, 1.165) is 11.1 Å². The lowest BCUT2D eigenvalue weighted by molar-refractivity contribution is -0.881. The van der Waals surface area contributed by atoms with Crippen LogP contribution in [0.4, 0.5) is 0 Å². The Bertz CT molecular complexity index is 1270. The minimum Gasteiger partial charge on any atom is -0.469 e. The highest BCUT2D eigenvalue weighted by Gasteiger charge is 2.36. The van der Waals surface area contributed by atoms with Crippen molar-refractivity contribution in [2.24, 2.45) is 0 Å². The summed E-state index contributed by atoms with van der Waals surface area (Å²) in [4.78, 5) is 42.3. The number of rotatable bonds is 13. The van der Waals surface area contributed by atoms with E-state index >= 15 is 0 Å². The third kappa shape index (κ3) is 10.1. The van der Waals surface area contributed by atoms with Gasteiger partial charge in [-0.05, 0) is 41.0 Å². The summed E-state index contributed by atoms with van der Waals surface area (Å²) >= 11 is 3.59. The monoisotopic (exact) mass is 635 g/mol. The lowest BCUT2D eigenvalue weighted by Crippen LogP contribution is -2.48. The molecule has 0 fully saturated rings. The Morgan fingerprint density at radius 1 is 0.884 bits per heavy atom. The number of methoxy groups -OCH3 is 1. The molecule has 9 heteroatoms. The van der Waals surface area contributed by atoms with E-state index in [1.165, 1.54) is 26.6 Å². The van der Waals surface area contributed by atoms with Gasteiger partial charge in [0.05, 0.1) is 53.7 Å². The molecular weight excluding hydrogens is 581 g/mol. The number of hydrogen-bond donors (Lipinski definition) is 1. The SMILES string of the molecule is CCOC(=O)C[N+](C)(C)CCNC(=O)Cc1cc(C(C)(C)C(C)c2sc(C(C)(C)C)cc2CC(=O)OC)sc1C(C)(C)C. The maximum Gasteiger partial charge on any atom is 0.361 e. The minimum atomic E-state index is -0.237. The molecule has 0 saturated carbocycles. The van der Waals surface area contributed by atoms with Gasteiger partial charge in [-0.25, -0.2) is 4.79 Å². The number of carbonyl (C=O) groups excluding carboxylic acids is 3. The minimum absolute atomic E-state index is 0.0204. The standard InChI is InChI=1S/C34H54N2O5S2/c1-14-41-29(39)21-36(11,12)16-15-35-27(37)19-24-18-26(43-31(24)33(6,7)8)34(9,10)22(2)30-23(20-28(38)40-13)17-25(42-30)32(3,4)5/h17-18,22H,14-16,19-21H2,1-13H3/p+1. The fourth-order valence-electron chi connectivity index (χ4n) is 4.97. The Hall–Kier alpha value is -2.23. The maximum absolute atomic E-state index is 13.1. The third-order valence-corrected chi connectivity index (χ3v) is 11.7. The van der Waals surface area contributed by atoms with Crippen LogP contribution in [-0.2, 0) is 52.9 Å². The number of nitrogens with one attached hydrogen (secondary N) is 1. The van der Waals surface area contributed by atoms with E-state index in [1.807, 2.05) is 14.1 Å². The van der Waals surface area contributed by atoms with E-state index in [1.54, 1.807) is 29.6 Å². The molecule has 0 aliphatic rings.